The number of aryl methyl sites for hydroxylation is 1. The summed E-state index contributed by atoms with van der Waals surface area (Å²) in [7, 11) is -3.80. The van der Waals surface area contributed by atoms with Gasteiger partial charge in [0, 0.05) is 24.9 Å². The van der Waals surface area contributed by atoms with E-state index in [1.165, 1.54) is 3.97 Å². The number of hydrogen-bond acceptors (Lipinski definition) is 8. The van der Waals surface area contributed by atoms with Crippen LogP contribution in [0.15, 0.2) is 66.0 Å². The quantitative estimate of drug-likeness (QED) is 0.363. The van der Waals surface area contributed by atoms with Crippen LogP contribution in [-0.2, 0) is 10.0 Å². The van der Waals surface area contributed by atoms with E-state index in [0.717, 1.165) is 37.2 Å². The first-order chi connectivity index (χ1) is 17.9. The molecule has 0 spiro atoms. The summed E-state index contributed by atoms with van der Waals surface area (Å²) in [6, 6.07) is 14.1. The van der Waals surface area contributed by atoms with Crippen LogP contribution in [0.2, 0.25) is 0 Å². The highest BCUT2D eigenvalue weighted by Crippen LogP contribution is 2.38. The van der Waals surface area contributed by atoms with E-state index in [2.05, 4.69) is 31.6 Å². The van der Waals surface area contributed by atoms with Crippen LogP contribution in [0.25, 0.3) is 16.8 Å². The highest BCUT2D eigenvalue weighted by molar-refractivity contribution is 7.90. The Bertz CT molecular complexity index is 1770. The van der Waals surface area contributed by atoms with E-state index >= 15 is 0 Å². The minimum Gasteiger partial charge on any atom is -0.370 e. The van der Waals surface area contributed by atoms with Gasteiger partial charge in [-0.1, -0.05) is 17.7 Å². The predicted octanol–water partition coefficient (Wildman–Crippen LogP) is 3.89. The Morgan fingerprint density at radius 1 is 1.11 bits per heavy atom. The zero-order valence-electron chi connectivity index (χ0n) is 20.1. The van der Waals surface area contributed by atoms with Crippen LogP contribution in [0.4, 0.5) is 5.82 Å². The molecule has 1 aliphatic carbocycles. The van der Waals surface area contributed by atoms with Gasteiger partial charge in [-0.25, -0.2) is 22.4 Å². The molecule has 4 aromatic heterocycles. The molecule has 186 valence electrons. The van der Waals surface area contributed by atoms with Crippen molar-refractivity contribution in [3.8, 4) is 6.07 Å². The SMILES string of the molecule is Cc1ccc(S(=O)(=O)n2ccc3c2ncc2nnc([C@@H]4CC[C@H](CNc5cc(C#N)ccn5)C4)n23)cc1. The highest BCUT2D eigenvalue weighted by atomic mass is 32.2. The van der Waals surface area contributed by atoms with Crippen molar-refractivity contribution in [2.75, 3.05) is 11.9 Å². The third kappa shape index (κ3) is 4.09. The van der Waals surface area contributed by atoms with Gasteiger partial charge in [-0.15, -0.1) is 10.2 Å². The largest absolute Gasteiger partial charge is 0.370 e. The van der Waals surface area contributed by atoms with Gasteiger partial charge >= 0.3 is 0 Å². The number of benzene rings is 1. The molecule has 0 saturated heterocycles. The lowest BCUT2D eigenvalue weighted by Crippen LogP contribution is -2.13. The molecule has 5 aromatic rings. The van der Waals surface area contributed by atoms with Gasteiger partial charge in [0.2, 0.25) is 0 Å². The second-order valence-corrected chi connectivity index (χ2v) is 11.3. The Morgan fingerprint density at radius 2 is 1.95 bits per heavy atom. The van der Waals surface area contributed by atoms with Crippen LogP contribution in [0, 0.1) is 24.2 Å². The van der Waals surface area contributed by atoms with Crippen molar-refractivity contribution in [3.05, 3.63) is 78.0 Å². The second kappa shape index (κ2) is 8.97. The maximum Gasteiger partial charge on any atom is 0.269 e. The van der Waals surface area contributed by atoms with E-state index < -0.39 is 10.0 Å². The molecule has 1 saturated carbocycles. The molecule has 0 unspecified atom stereocenters. The fraction of sp³-hybridized carbons (Fsp3) is 0.269. The summed E-state index contributed by atoms with van der Waals surface area (Å²) in [5.74, 6) is 2.11. The van der Waals surface area contributed by atoms with Crippen molar-refractivity contribution < 1.29 is 8.42 Å². The number of pyridine rings is 1. The van der Waals surface area contributed by atoms with E-state index in [1.54, 1.807) is 61.1 Å². The topological polar surface area (TPSA) is 131 Å². The molecule has 0 aliphatic heterocycles. The van der Waals surface area contributed by atoms with Crippen molar-refractivity contribution in [2.24, 2.45) is 5.92 Å². The summed E-state index contributed by atoms with van der Waals surface area (Å²) < 4.78 is 29.9. The zero-order chi connectivity index (χ0) is 25.6. The molecule has 1 fully saturated rings. The Hall–Kier alpha value is -4.30. The molecule has 6 rings (SSSR count). The van der Waals surface area contributed by atoms with E-state index in [9.17, 15) is 8.42 Å². The van der Waals surface area contributed by atoms with Crippen LogP contribution >= 0.6 is 0 Å². The molecular formula is C26H24N8O2S. The Kier molecular flexibility index (Phi) is 5.61. The summed E-state index contributed by atoms with van der Waals surface area (Å²) in [5.41, 5.74) is 3.15. The standard InChI is InChI=1S/C26H24N8O2S/c1-17-2-6-21(7-3-17)37(35,36)33-11-9-22-26(33)30-16-24-31-32-25(34(22)24)20-5-4-19(12-20)15-29-23-13-18(14-27)8-10-28-23/h2-3,6-11,13,16,19-20H,4-5,12,15H2,1H3,(H,28,29)/t19-,20+/m0/s1. The average Bonchev–Trinajstić information content (AvgIpc) is 3.65. The summed E-state index contributed by atoms with van der Waals surface area (Å²) in [6.07, 6.45) is 7.62. The van der Waals surface area contributed by atoms with Gasteiger partial charge in [0.25, 0.3) is 10.0 Å². The number of anilines is 1. The molecule has 4 heterocycles. The van der Waals surface area contributed by atoms with Crippen LogP contribution in [-0.4, -0.2) is 43.5 Å². The van der Waals surface area contributed by atoms with Gasteiger partial charge in [-0.2, -0.15) is 5.26 Å². The van der Waals surface area contributed by atoms with Crippen LogP contribution < -0.4 is 5.32 Å². The van der Waals surface area contributed by atoms with Gasteiger partial charge in [0.15, 0.2) is 11.3 Å². The van der Waals surface area contributed by atoms with E-state index in [4.69, 9.17) is 5.26 Å². The van der Waals surface area contributed by atoms with Gasteiger partial charge in [0.05, 0.1) is 28.2 Å². The molecule has 0 bridgehead atoms. The van der Waals surface area contributed by atoms with Crippen molar-refractivity contribution in [1.82, 2.24) is 28.5 Å². The van der Waals surface area contributed by atoms with Crippen LogP contribution in [0.5, 0.6) is 0 Å². The maximum atomic E-state index is 13.4. The number of hydrogen-bond donors (Lipinski definition) is 1. The number of rotatable bonds is 6. The molecule has 0 amide bonds. The van der Waals surface area contributed by atoms with Crippen molar-refractivity contribution in [3.63, 3.8) is 0 Å². The monoisotopic (exact) mass is 512 g/mol. The number of nitriles is 1. The lowest BCUT2D eigenvalue weighted by molar-refractivity contribution is 0.558. The number of aromatic nitrogens is 6. The summed E-state index contributed by atoms with van der Waals surface area (Å²) >= 11 is 0. The number of fused-ring (bicyclic) bond motifs is 3. The molecule has 1 aliphatic rings. The molecule has 10 nitrogen and oxygen atoms in total. The Labute approximate surface area is 213 Å². The van der Waals surface area contributed by atoms with E-state index in [0.29, 0.717) is 34.1 Å². The minimum atomic E-state index is -3.80. The average molecular weight is 513 g/mol. The normalized spacial score (nSPS) is 17.8. The summed E-state index contributed by atoms with van der Waals surface area (Å²) in [4.78, 5) is 8.94. The molecule has 1 aromatic carbocycles. The molecule has 11 heteroatoms. The zero-order valence-corrected chi connectivity index (χ0v) is 20.9. The van der Waals surface area contributed by atoms with E-state index in [1.807, 2.05) is 11.3 Å². The fourth-order valence-electron chi connectivity index (χ4n) is 5.07. The van der Waals surface area contributed by atoms with Gasteiger partial charge in [-0.05, 0) is 62.4 Å². The summed E-state index contributed by atoms with van der Waals surface area (Å²) in [6.45, 7) is 2.66. The Balaban J connectivity index is 1.28. The van der Waals surface area contributed by atoms with Gasteiger partial charge < -0.3 is 5.32 Å². The molecule has 2 atom stereocenters. The second-order valence-electron chi connectivity index (χ2n) is 9.45. The first kappa shape index (κ1) is 23.1. The molecule has 0 radical (unpaired) electrons. The number of nitrogens with zero attached hydrogens (tertiary/aromatic N) is 7. The fourth-order valence-corrected chi connectivity index (χ4v) is 6.37. The lowest BCUT2D eigenvalue weighted by Gasteiger charge is -2.13. The third-order valence-corrected chi connectivity index (χ3v) is 8.69. The molecule has 37 heavy (non-hydrogen) atoms. The van der Waals surface area contributed by atoms with Crippen molar-refractivity contribution >= 4 is 32.7 Å². The van der Waals surface area contributed by atoms with Crippen LogP contribution in [0.1, 0.15) is 42.1 Å². The van der Waals surface area contributed by atoms with Crippen LogP contribution in [0.3, 0.4) is 0 Å². The third-order valence-electron chi connectivity index (χ3n) is 7.01. The summed E-state index contributed by atoms with van der Waals surface area (Å²) in [5, 5.41) is 21.3. The molecule has 1 N–H and O–H groups in total. The van der Waals surface area contributed by atoms with Gasteiger partial charge in [-0.3, -0.25) is 4.40 Å². The smallest absolute Gasteiger partial charge is 0.269 e. The Morgan fingerprint density at radius 3 is 2.76 bits per heavy atom. The lowest BCUT2D eigenvalue weighted by atomic mass is 10.0. The minimum absolute atomic E-state index is 0.183. The predicted molar refractivity (Wildman–Crippen MR) is 138 cm³/mol. The highest BCUT2D eigenvalue weighted by Gasteiger charge is 2.30. The van der Waals surface area contributed by atoms with Gasteiger partial charge in [0.1, 0.15) is 11.6 Å². The van der Waals surface area contributed by atoms with Crippen molar-refractivity contribution in [2.45, 2.75) is 37.0 Å². The first-order valence-electron chi connectivity index (χ1n) is 12.1. The number of nitrogens with one attached hydrogen (secondary N) is 1. The maximum absolute atomic E-state index is 13.4. The van der Waals surface area contributed by atoms with E-state index in [-0.39, 0.29) is 10.8 Å². The molecular weight excluding hydrogens is 488 g/mol. The first-order valence-corrected chi connectivity index (χ1v) is 13.5. The van der Waals surface area contributed by atoms with Crippen molar-refractivity contribution in [1.29, 1.82) is 5.26 Å².